The lowest BCUT2D eigenvalue weighted by molar-refractivity contribution is -0.152. The Kier molecular flexibility index (Phi) is 21.6. The third kappa shape index (κ3) is 14.3. The van der Waals surface area contributed by atoms with E-state index in [1.165, 1.54) is 11.2 Å². The van der Waals surface area contributed by atoms with Crippen LogP contribution >= 0.6 is 8.17 Å². The molecule has 3 fully saturated rings. The predicted molar refractivity (Wildman–Crippen MR) is 359 cm³/mol. The number of carbonyl (C=O) groups excluding carboxylic acids is 9. The normalized spacial score (nSPS) is 33.5. The van der Waals surface area contributed by atoms with Gasteiger partial charge in [-0.05, 0) is 101 Å². The van der Waals surface area contributed by atoms with E-state index in [-0.39, 0.29) is 82.3 Å². The molecule has 7 aliphatic rings. The number of carbonyl (C=O) groups is 10. The number of nitrogens with two attached hydrogens (primary N) is 6. The van der Waals surface area contributed by atoms with Gasteiger partial charge >= 0.3 is 20.1 Å². The molecule has 538 valence electrons. The number of esters is 1. The van der Waals surface area contributed by atoms with Crippen molar-refractivity contribution in [2.24, 2.45) is 94.7 Å². The summed E-state index contributed by atoms with van der Waals surface area (Å²) < 4.78 is 31.1. The number of aliphatic carboxylic acids is 1. The van der Waals surface area contributed by atoms with Crippen molar-refractivity contribution < 1.29 is 86.1 Å². The van der Waals surface area contributed by atoms with Gasteiger partial charge in [-0.1, -0.05) is 34.6 Å². The number of nitrogens with zero attached hydrogens (tertiary/aromatic N) is 6. The molecule has 2 aromatic rings. The molecule has 0 radical (unpaired) electrons. The predicted octanol–water partition coefficient (Wildman–Crippen LogP) is 3.03. The number of aliphatic hydroxyl groups excluding tert-OH is 1. The van der Waals surface area contributed by atoms with Crippen LogP contribution in [0.5, 0.6) is 0 Å². The van der Waals surface area contributed by atoms with Crippen molar-refractivity contribution in [1.29, 1.82) is 0 Å². The zero-order valence-electron chi connectivity index (χ0n) is 57.5. The van der Waals surface area contributed by atoms with Crippen LogP contribution in [0.1, 0.15) is 156 Å². The Morgan fingerprint density at radius 2 is 1.38 bits per heavy atom. The van der Waals surface area contributed by atoms with Crippen molar-refractivity contribution in [3.63, 3.8) is 0 Å². The Hall–Kier alpha value is -8.19. The zero-order valence-corrected chi connectivity index (χ0v) is 58.4. The number of imidazole rings is 1. The summed E-state index contributed by atoms with van der Waals surface area (Å²) in [5.41, 5.74) is 35.6. The van der Waals surface area contributed by atoms with Gasteiger partial charge in [-0.15, -0.1) is 9.05 Å². The van der Waals surface area contributed by atoms with E-state index in [0.29, 0.717) is 51.4 Å². The molecule has 15 atom stereocenters. The van der Waals surface area contributed by atoms with Crippen molar-refractivity contribution in [1.82, 2.24) is 19.8 Å². The van der Waals surface area contributed by atoms with Crippen LogP contribution in [0.25, 0.3) is 11.0 Å². The Morgan fingerprint density at radius 1 is 0.758 bits per heavy atom. The SMILES string of the molecule is CC1=C2N=C(/C=C3N=C(/C(C)=C4/[C@@H](CCC(N)=O)[C@](C)(CC(N)=O)[C@](C)(C5N=C1[C@](C)(CCC(=O)NC[C@H]1CO[P+](O)(OC6C(COC(=O)CCC(=O)O)O[C@H](n7cnc8cc(C)c(C)cc87)[C@@H]6O)O1)[C@H]5CC(N)=O)N4C=O)[C@@](C)(CC(N)=O)[C@@H]\3CCC(N)=O)C(C)(C)C2CCC(N)=O. The number of primary amides is 6. The summed E-state index contributed by atoms with van der Waals surface area (Å²) >= 11 is 0. The molecule has 32 heteroatoms. The molecule has 8 heterocycles. The molecule has 9 rings (SSSR count). The van der Waals surface area contributed by atoms with Gasteiger partial charge in [0.1, 0.15) is 25.4 Å². The molecule has 8 amide bonds. The van der Waals surface area contributed by atoms with Gasteiger partial charge in [0, 0.05) is 119 Å². The lowest BCUT2D eigenvalue weighted by Crippen LogP contribution is -2.61. The maximum atomic E-state index is 14.7. The number of benzene rings is 1. The summed E-state index contributed by atoms with van der Waals surface area (Å²) in [4.78, 5) is 167. The summed E-state index contributed by atoms with van der Waals surface area (Å²) in [6.45, 7) is 17.1. The second kappa shape index (κ2) is 28.4. The number of carboxylic acids is 1. The van der Waals surface area contributed by atoms with E-state index in [2.05, 4.69) is 10.3 Å². The maximum Gasteiger partial charge on any atom is 0.573 e. The second-order valence-corrected chi connectivity index (χ2v) is 30.5. The molecule has 1 aromatic carbocycles. The first-order valence-electron chi connectivity index (χ1n) is 33.1. The third-order valence-electron chi connectivity index (χ3n) is 22.1. The third-order valence-corrected chi connectivity index (χ3v) is 23.7. The summed E-state index contributed by atoms with van der Waals surface area (Å²) in [6, 6.07) is 2.50. The van der Waals surface area contributed by atoms with Crippen LogP contribution < -0.4 is 39.7 Å². The lowest BCUT2D eigenvalue weighted by atomic mass is 9.56. The van der Waals surface area contributed by atoms with Gasteiger partial charge in [0.2, 0.25) is 47.8 Å². The minimum absolute atomic E-state index is 0.0620. The Labute approximate surface area is 573 Å². The van der Waals surface area contributed by atoms with Gasteiger partial charge in [0.15, 0.2) is 18.4 Å². The van der Waals surface area contributed by atoms with Crippen LogP contribution in [-0.4, -0.2) is 162 Å². The standard InChI is InChI=1S/C67H92N13O18P/c1-32-21-42-43(22-33(32)2)79(30-75-42)62-57(92)58(44(96-62)29-94-54(91)18-17-53(89)90)98-99(93)95-28-36(97-99)27-74-52(88)19-20-64(7)40(23-49(71)85)61-67(10)66(9,26-51(73)87)39(13-16-48(70)84)56(80(67)31-81)35(4)60-65(8,25-50(72)86)37(11-14-46(68)82)41(76-60)24-45-63(5,6)38(12-15-47(69)83)55(77-45)34(3)59(64)78-61/h21-22,24,30-31,36-40,44,57-58,61-62,92-93H,11-20,23,25-29H2,1-10H3,(H13-,68,69,70,71,72,73,74,82,83,84,85,86,87,88,89,90)/p+1/b41-24-,55-34?,56-35-/t36-,37+,38?,39+,40-,44?,57+,58?,61?,62-,64+,65-,66-,67-,99?/m0/s1. The second-order valence-electron chi connectivity index (χ2n) is 28.9. The first-order chi connectivity index (χ1) is 46.2. The molecule has 16 N–H and O–H groups in total. The lowest BCUT2D eigenvalue weighted by Gasteiger charge is -2.50. The average molecular weight is 1400 g/mol. The number of hydrogen-bond donors (Lipinski definition) is 10. The van der Waals surface area contributed by atoms with Crippen molar-refractivity contribution in [3.05, 3.63) is 63.9 Å². The Balaban J connectivity index is 1.10. The minimum atomic E-state index is -4.39. The number of fused-ring (bicyclic) bond motifs is 7. The van der Waals surface area contributed by atoms with Gasteiger partial charge in [0.25, 0.3) is 0 Å². The van der Waals surface area contributed by atoms with Crippen LogP contribution in [0, 0.1) is 59.2 Å². The molecule has 0 aliphatic carbocycles. The van der Waals surface area contributed by atoms with E-state index in [9.17, 15) is 57.9 Å². The fourth-order valence-electron chi connectivity index (χ4n) is 16.6. The van der Waals surface area contributed by atoms with Crippen molar-refractivity contribution in [2.45, 2.75) is 195 Å². The molecule has 31 nitrogen and oxygen atoms in total. The highest BCUT2D eigenvalue weighted by molar-refractivity contribution is 7.55. The number of aromatic nitrogens is 2. The number of nitrogens with one attached hydrogen (secondary N) is 1. The van der Waals surface area contributed by atoms with E-state index in [4.69, 9.17) is 77.5 Å². The van der Waals surface area contributed by atoms with E-state index in [1.54, 1.807) is 45.3 Å². The fraction of sp³-hybridized carbons (Fsp3) is 0.612. The Morgan fingerprint density at radius 3 is 1.99 bits per heavy atom. The number of aliphatic imine (C=N–C) groups is 3. The van der Waals surface area contributed by atoms with Crippen molar-refractivity contribution in [3.8, 4) is 0 Å². The molecule has 8 bridgehead atoms. The number of hydrogen-bond acceptors (Lipinski definition) is 21. The molecule has 0 saturated carbocycles. The first-order valence-corrected chi connectivity index (χ1v) is 34.6. The zero-order chi connectivity index (χ0) is 73.0. The van der Waals surface area contributed by atoms with Crippen LogP contribution in [0.3, 0.4) is 0 Å². The Bertz CT molecular complexity index is 3880. The van der Waals surface area contributed by atoms with E-state index in [1.807, 2.05) is 46.8 Å². The number of aliphatic hydroxyl groups is 1. The molecular formula is C67H93N13O18P+. The van der Waals surface area contributed by atoms with Gasteiger partial charge in [-0.25, -0.2) is 4.98 Å². The molecule has 99 heavy (non-hydrogen) atoms. The monoisotopic (exact) mass is 1400 g/mol. The van der Waals surface area contributed by atoms with Gasteiger partial charge < -0.3 is 68.9 Å². The van der Waals surface area contributed by atoms with Crippen LogP contribution in [0.2, 0.25) is 0 Å². The van der Waals surface area contributed by atoms with Crippen LogP contribution in [0.15, 0.2) is 67.8 Å². The average Bonchev–Trinajstić information content (AvgIpc) is 1.52. The molecule has 1 aromatic heterocycles. The van der Waals surface area contributed by atoms with Gasteiger partial charge in [0.05, 0.1) is 54.0 Å². The van der Waals surface area contributed by atoms with Crippen molar-refractivity contribution >= 4 is 96.0 Å². The molecule has 7 aliphatic heterocycles. The van der Waals surface area contributed by atoms with E-state index in [0.717, 1.165) is 11.1 Å². The van der Waals surface area contributed by atoms with Crippen LogP contribution in [-0.2, 0) is 71.0 Å². The quantitative estimate of drug-likeness (QED) is 0.0318. The maximum absolute atomic E-state index is 14.7. The number of aryl methyl sites for hydroxylation is 2. The number of carboxylic acid groups (broad SMARTS) is 1. The highest BCUT2D eigenvalue weighted by atomic mass is 31.2. The molecule has 5 unspecified atom stereocenters. The summed E-state index contributed by atoms with van der Waals surface area (Å²) in [5.74, 6) is -10.2. The van der Waals surface area contributed by atoms with E-state index >= 15 is 0 Å². The highest BCUT2D eigenvalue weighted by Crippen LogP contribution is 2.67. The fourth-order valence-corrected chi connectivity index (χ4v) is 18.2. The first kappa shape index (κ1) is 75.0. The number of amides is 8. The smallest absolute Gasteiger partial charge is 0.481 e. The molecular weight excluding hydrogens is 1310 g/mol. The minimum Gasteiger partial charge on any atom is -0.481 e. The molecule has 0 spiro atoms. The summed E-state index contributed by atoms with van der Waals surface area (Å²) in [6.07, 6.45) is -5.60. The van der Waals surface area contributed by atoms with E-state index < -0.39 is 181 Å². The topological polar surface area (TPSA) is 504 Å². The summed E-state index contributed by atoms with van der Waals surface area (Å²) in [5, 5.41) is 24.0. The highest BCUT2D eigenvalue weighted by Gasteiger charge is 2.70. The number of ether oxygens (including phenoxy) is 2. The molecule has 3 saturated heterocycles. The number of rotatable bonds is 29. The van der Waals surface area contributed by atoms with Crippen LogP contribution in [0.4, 0.5) is 0 Å². The van der Waals surface area contributed by atoms with Gasteiger partial charge in [-0.2, -0.15) is 9.42 Å². The van der Waals surface area contributed by atoms with Crippen molar-refractivity contribution in [2.75, 3.05) is 19.8 Å². The summed E-state index contributed by atoms with van der Waals surface area (Å²) in [7, 11) is -4.39. The number of allylic oxidation sites excluding steroid dienone is 6. The van der Waals surface area contributed by atoms with Gasteiger partial charge in [-0.3, -0.25) is 62.9 Å². The largest absolute Gasteiger partial charge is 0.573 e.